The molecule has 0 aliphatic carbocycles. The molecule has 4 aromatic heterocycles. The number of hydrogen-bond donors (Lipinski definition) is 0. The van der Waals surface area contributed by atoms with E-state index >= 15 is 0 Å². The average Bonchev–Trinajstić information content (AvgIpc) is 2.55. The zero-order chi connectivity index (χ0) is 14.5. The molecule has 0 radical (unpaired) electrons. The van der Waals surface area contributed by atoms with E-state index in [0.29, 0.717) is 0 Å². The van der Waals surface area contributed by atoms with Crippen LogP contribution >= 0.6 is 15.9 Å². The molecule has 4 heterocycles. The first-order valence-electron chi connectivity index (χ1n) is 6.35. The molecule has 0 saturated heterocycles. The van der Waals surface area contributed by atoms with Gasteiger partial charge in [0, 0.05) is 29.3 Å². The van der Waals surface area contributed by atoms with E-state index in [4.69, 9.17) is 0 Å². The number of fused-ring (bicyclic) bond motifs is 2. The molecular weight excluding hydrogens is 328 g/mol. The van der Waals surface area contributed by atoms with Gasteiger partial charge in [0.05, 0.1) is 22.1 Å². The summed E-state index contributed by atoms with van der Waals surface area (Å²) in [5.41, 5.74) is 3.74. The van der Waals surface area contributed by atoms with Gasteiger partial charge in [-0.2, -0.15) is 0 Å². The minimum atomic E-state index is 0.918. The minimum absolute atomic E-state index is 0.918. The first-order valence-corrected chi connectivity index (χ1v) is 7.14. The molecular formula is C16H11BrN4. The highest BCUT2D eigenvalue weighted by atomic mass is 79.9. The lowest BCUT2D eigenvalue weighted by atomic mass is 10.3. The van der Waals surface area contributed by atoms with Crippen molar-refractivity contribution in [3.63, 3.8) is 0 Å². The standard InChI is InChI=1S/C8H5BrN2.C8H6N2/c9-6-4-8-7(11-5-6)2-1-3-10-8;1-3-7-8(9-5-1)4-2-6-10-7/h1-5H;1-6H. The van der Waals surface area contributed by atoms with Crippen molar-refractivity contribution in [3.8, 4) is 0 Å². The van der Waals surface area contributed by atoms with Crippen molar-refractivity contribution >= 4 is 38.0 Å². The van der Waals surface area contributed by atoms with E-state index in [0.717, 1.165) is 26.5 Å². The number of rotatable bonds is 0. The third-order valence-corrected chi connectivity index (χ3v) is 3.22. The first-order chi connectivity index (χ1) is 10.3. The highest BCUT2D eigenvalue weighted by Crippen LogP contribution is 2.13. The van der Waals surface area contributed by atoms with Crippen LogP contribution < -0.4 is 0 Å². The van der Waals surface area contributed by atoms with Gasteiger partial charge in [0.25, 0.3) is 0 Å². The molecule has 4 nitrogen and oxygen atoms in total. The molecule has 0 fully saturated rings. The Hall–Kier alpha value is -2.40. The smallest absolute Gasteiger partial charge is 0.0897 e. The minimum Gasteiger partial charge on any atom is -0.255 e. The van der Waals surface area contributed by atoms with E-state index in [1.807, 2.05) is 42.5 Å². The van der Waals surface area contributed by atoms with Crippen molar-refractivity contribution in [2.24, 2.45) is 0 Å². The SMILES string of the molecule is Brc1cnc2cccnc2c1.c1cnc2cccnc2c1. The molecule has 0 atom stereocenters. The Balaban J connectivity index is 0.000000126. The molecule has 5 heteroatoms. The van der Waals surface area contributed by atoms with Gasteiger partial charge < -0.3 is 0 Å². The second-order valence-electron chi connectivity index (χ2n) is 4.24. The van der Waals surface area contributed by atoms with Crippen LogP contribution in [0.4, 0.5) is 0 Å². The Kier molecular flexibility index (Phi) is 4.12. The third kappa shape index (κ3) is 3.38. The molecule has 0 saturated carbocycles. The molecule has 0 aliphatic rings. The number of aromatic nitrogens is 4. The summed E-state index contributed by atoms with van der Waals surface area (Å²) in [6.45, 7) is 0. The quantitative estimate of drug-likeness (QED) is 0.485. The van der Waals surface area contributed by atoms with E-state index in [2.05, 4.69) is 35.9 Å². The summed E-state index contributed by atoms with van der Waals surface area (Å²) in [6, 6.07) is 13.4. The maximum atomic E-state index is 4.17. The van der Waals surface area contributed by atoms with Crippen molar-refractivity contribution < 1.29 is 0 Å². The summed E-state index contributed by atoms with van der Waals surface area (Å²) in [5.74, 6) is 0. The summed E-state index contributed by atoms with van der Waals surface area (Å²) in [7, 11) is 0. The van der Waals surface area contributed by atoms with Crippen molar-refractivity contribution in [1.82, 2.24) is 19.9 Å². The average molecular weight is 339 g/mol. The van der Waals surface area contributed by atoms with Crippen LogP contribution in [0.2, 0.25) is 0 Å². The van der Waals surface area contributed by atoms with Gasteiger partial charge in [0.15, 0.2) is 0 Å². The zero-order valence-corrected chi connectivity index (χ0v) is 12.6. The summed E-state index contributed by atoms with van der Waals surface area (Å²) in [4.78, 5) is 16.6. The molecule has 0 bridgehead atoms. The van der Waals surface area contributed by atoms with E-state index in [9.17, 15) is 0 Å². The lowest BCUT2D eigenvalue weighted by Crippen LogP contribution is -1.80. The first kappa shape index (κ1) is 13.6. The summed E-state index contributed by atoms with van der Waals surface area (Å²) < 4.78 is 0.962. The van der Waals surface area contributed by atoms with Crippen molar-refractivity contribution in [2.45, 2.75) is 0 Å². The van der Waals surface area contributed by atoms with Crippen molar-refractivity contribution in [1.29, 1.82) is 0 Å². The van der Waals surface area contributed by atoms with Crippen LogP contribution in [0.15, 0.2) is 71.7 Å². The van der Waals surface area contributed by atoms with E-state index < -0.39 is 0 Å². The van der Waals surface area contributed by atoms with Crippen LogP contribution in [-0.2, 0) is 0 Å². The molecule has 0 spiro atoms. The topological polar surface area (TPSA) is 51.6 Å². The van der Waals surface area contributed by atoms with E-state index in [1.54, 1.807) is 24.8 Å². The Labute approximate surface area is 130 Å². The molecule has 0 amide bonds. The molecule has 0 aliphatic heterocycles. The Bertz CT molecular complexity index is 814. The van der Waals surface area contributed by atoms with E-state index in [1.165, 1.54) is 0 Å². The van der Waals surface area contributed by atoms with Crippen LogP contribution in [0.1, 0.15) is 0 Å². The van der Waals surface area contributed by atoms with Gasteiger partial charge >= 0.3 is 0 Å². The Morgan fingerprint density at radius 1 is 0.619 bits per heavy atom. The molecule has 0 unspecified atom stereocenters. The van der Waals surface area contributed by atoms with Crippen LogP contribution in [0.3, 0.4) is 0 Å². The monoisotopic (exact) mass is 338 g/mol. The van der Waals surface area contributed by atoms with Gasteiger partial charge in [-0.1, -0.05) is 0 Å². The van der Waals surface area contributed by atoms with Gasteiger partial charge in [0.1, 0.15) is 0 Å². The number of halogens is 1. The van der Waals surface area contributed by atoms with Gasteiger partial charge in [-0.15, -0.1) is 0 Å². The second-order valence-corrected chi connectivity index (χ2v) is 5.16. The van der Waals surface area contributed by atoms with Crippen LogP contribution in [0.5, 0.6) is 0 Å². The van der Waals surface area contributed by atoms with Gasteiger partial charge in [-0.3, -0.25) is 19.9 Å². The summed E-state index contributed by atoms with van der Waals surface area (Å²) >= 11 is 3.33. The molecule has 0 N–H and O–H groups in total. The van der Waals surface area contributed by atoms with Gasteiger partial charge in [-0.05, 0) is 58.4 Å². The lowest BCUT2D eigenvalue weighted by molar-refractivity contribution is 1.32. The fourth-order valence-corrected chi connectivity index (χ4v) is 2.15. The predicted molar refractivity (Wildman–Crippen MR) is 86.8 cm³/mol. The summed E-state index contributed by atoms with van der Waals surface area (Å²) in [6.07, 6.45) is 7.06. The molecule has 21 heavy (non-hydrogen) atoms. The van der Waals surface area contributed by atoms with Crippen molar-refractivity contribution in [3.05, 3.63) is 71.7 Å². The third-order valence-electron chi connectivity index (χ3n) is 2.79. The highest BCUT2D eigenvalue weighted by Gasteiger charge is 1.93. The van der Waals surface area contributed by atoms with Crippen LogP contribution in [0.25, 0.3) is 22.1 Å². The number of pyridine rings is 4. The fraction of sp³-hybridized carbons (Fsp3) is 0. The predicted octanol–water partition coefficient (Wildman–Crippen LogP) is 4.02. The number of hydrogen-bond acceptors (Lipinski definition) is 4. The van der Waals surface area contributed by atoms with Gasteiger partial charge in [-0.25, -0.2) is 0 Å². The van der Waals surface area contributed by atoms with Crippen LogP contribution in [-0.4, -0.2) is 19.9 Å². The Morgan fingerprint density at radius 2 is 1.10 bits per heavy atom. The molecule has 102 valence electrons. The zero-order valence-electron chi connectivity index (χ0n) is 11.0. The van der Waals surface area contributed by atoms with Crippen LogP contribution in [0, 0.1) is 0 Å². The normalized spacial score (nSPS) is 10.1. The van der Waals surface area contributed by atoms with Gasteiger partial charge in [0.2, 0.25) is 0 Å². The number of nitrogens with zero attached hydrogens (tertiary/aromatic N) is 4. The fourth-order valence-electron chi connectivity index (χ4n) is 1.83. The van der Waals surface area contributed by atoms with E-state index in [-0.39, 0.29) is 0 Å². The largest absolute Gasteiger partial charge is 0.255 e. The molecule has 4 rings (SSSR count). The maximum absolute atomic E-state index is 4.17. The molecule has 4 aromatic rings. The molecule has 0 aromatic carbocycles. The second kappa shape index (κ2) is 6.37. The summed E-state index contributed by atoms with van der Waals surface area (Å²) in [5, 5.41) is 0. The maximum Gasteiger partial charge on any atom is 0.0897 e. The lowest BCUT2D eigenvalue weighted by Gasteiger charge is -1.94. The Morgan fingerprint density at radius 3 is 1.67 bits per heavy atom. The van der Waals surface area contributed by atoms with Crippen molar-refractivity contribution in [2.75, 3.05) is 0 Å². The highest BCUT2D eigenvalue weighted by molar-refractivity contribution is 9.10.